The van der Waals surface area contributed by atoms with Gasteiger partial charge in [0.1, 0.15) is 0 Å². The Morgan fingerprint density at radius 3 is 2.23 bits per heavy atom. The third kappa shape index (κ3) is 3.09. The number of benzene rings is 5. The molecular formula is C34H25N. The Balaban J connectivity index is 1.70. The normalized spacial score (nSPS) is 15.1. The Morgan fingerprint density at radius 2 is 1.34 bits per heavy atom. The van der Waals surface area contributed by atoms with Gasteiger partial charge in [0.15, 0.2) is 0 Å². The Kier molecular flexibility index (Phi) is 4.50. The summed E-state index contributed by atoms with van der Waals surface area (Å²) in [7, 11) is 0. The van der Waals surface area contributed by atoms with Gasteiger partial charge in [-0.3, -0.25) is 0 Å². The number of hydrogen-bond acceptors (Lipinski definition) is 0. The van der Waals surface area contributed by atoms with Crippen LogP contribution in [0.15, 0.2) is 115 Å². The Morgan fingerprint density at radius 1 is 0.629 bits per heavy atom. The van der Waals surface area contributed by atoms with Crippen molar-refractivity contribution >= 4 is 44.7 Å². The van der Waals surface area contributed by atoms with Crippen molar-refractivity contribution in [1.29, 1.82) is 0 Å². The van der Waals surface area contributed by atoms with Gasteiger partial charge in [0.2, 0.25) is 0 Å². The molecule has 1 heterocycles. The lowest BCUT2D eigenvalue weighted by molar-refractivity contribution is 0.954. The van der Waals surface area contributed by atoms with Crippen LogP contribution in [0.3, 0.4) is 0 Å². The average molecular weight is 448 g/mol. The lowest BCUT2D eigenvalue weighted by Crippen LogP contribution is -1.97. The predicted octanol–water partition coefficient (Wildman–Crippen LogP) is 9.28. The van der Waals surface area contributed by atoms with Crippen molar-refractivity contribution < 1.29 is 0 Å². The minimum atomic E-state index is 0.407. The first-order chi connectivity index (χ1) is 17.3. The summed E-state index contributed by atoms with van der Waals surface area (Å²) in [5, 5.41) is 5.12. The van der Waals surface area contributed by atoms with Crippen molar-refractivity contribution in [2.45, 2.75) is 6.92 Å². The molecule has 1 aliphatic rings. The second-order valence-corrected chi connectivity index (χ2v) is 9.44. The molecule has 0 radical (unpaired) electrons. The van der Waals surface area contributed by atoms with E-state index in [4.69, 9.17) is 0 Å². The maximum Gasteiger partial charge on any atom is 0.0619 e. The highest BCUT2D eigenvalue weighted by molar-refractivity contribution is 6.17. The van der Waals surface area contributed by atoms with E-state index in [9.17, 15) is 0 Å². The fraction of sp³-hybridized carbons (Fsp3) is 0.0588. The Bertz CT molecular complexity index is 1800. The zero-order chi connectivity index (χ0) is 23.4. The van der Waals surface area contributed by atoms with Crippen LogP contribution in [0.2, 0.25) is 0 Å². The van der Waals surface area contributed by atoms with E-state index in [-0.39, 0.29) is 0 Å². The van der Waals surface area contributed by atoms with Crippen molar-refractivity contribution in [3.63, 3.8) is 0 Å². The first-order valence-electron chi connectivity index (χ1n) is 12.3. The van der Waals surface area contributed by atoms with Crippen LogP contribution in [0.4, 0.5) is 0 Å². The molecule has 1 nitrogen and oxygen atoms in total. The van der Waals surface area contributed by atoms with Crippen LogP contribution >= 0.6 is 0 Å². The standard InChI is InChI=1S/C34H25N/c1-23-18-20-25-22-24-10-5-6-13-27(24)33(28(25)21-19-23)31-16-9-15-30-29-14-7-8-17-32(29)35(34(30)31)26-11-3-2-4-12-26/h2-23H,1H3. The molecule has 6 aromatic rings. The maximum atomic E-state index is 2.44. The molecule has 7 rings (SSSR count). The summed E-state index contributed by atoms with van der Waals surface area (Å²) in [5.41, 5.74) is 8.81. The molecule has 1 aromatic heterocycles. The quantitative estimate of drug-likeness (QED) is 0.249. The number of hydrogen-bond donors (Lipinski definition) is 0. The predicted molar refractivity (Wildman–Crippen MR) is 151 cm³/mol. The van der Waals surface area contributed by atoms with Crippen LogP contribution in [-0.4, -0.2) is 4.57 Å². The average Bonchev–Trinajstić information content (AvgIpc) is 3.14. The molecule has 0 saturated carbocycles. The first kappa shape index (κ1) is 20.1. The molecule has 5 aromatic carbocycles. The van der Waals surface area contributed by atoms with E-state index in [1.807, 2.05) is 0 Å². The Labute approximate surface area is 205 Å². The van der Waals surface area contributed by atoms with E-state index in [1.165, 1.54) is 60.5 Å². The van der Waals surface area contributed by atoms with Gasteiger partial charge in [-0.25, -0.2) is 0 Å². The molecule has 0 fully saturated rings. The van der Waals surface area contributed by atoms with Crippen molar-refractivity contribution in [1.82, 2.24) is 4.57 Å². The smallest absolute Gasteiger partial charge is 0.0619 e. The van der Waals surface area contributed by atoms with Crippen molar-refractivity contribution in [3.05, 3.63) is 126 Å². The van der Waals surface area contributed by atoms with Crippen LogP contribution in [0.25, 0.3) is 61.5 Å². The third-order valence-corrected chi connectivity index (χ3v) is 7.25. The molecule has 35 heavy (non-hydrogen) atoms. The first-order valence-corrected chi connectivity index (χ1v) is 12.3. The molecule has 0 saturated heterocycles. The van der Waals surface area contributed by atoms with E-state index in [1.54, 1.807) is 0 Å². The Hall–Kier alpha value is -4.36. The largest absolute Gasteiger partial charge is 0.309 e. The highest BCUT2D eigenvalue weighted by atomic mass is 15.0. The molecule has 0 bridgehead atoms. The topological polar surface area (TPSA) is 4.93 Å². The van der Waals surface area contributed by atoms with Crippen LogP contribution in [0, 0.1) is 5.92 Å². The second-order valence-electron chi connectivity index (χ2n) is 9.44. The zero-order valence-electron chi connectivity index (χ0n) is 19.6. The van der Waals surface area contributed by atoms with Gasteiger partial charge in [-0.15, -0.1) is 0 Å². The minimum Gasteiger partial charge on any atom is -0.309 e. The van der Waals surface area contributed by atoms with Crippen LogP contribution in [0.1, 0.15) is 18.1 Å². The van der Waals surface area contributed by atoms with Crippen molar-refractivity contribution in [3.8, 4) is 16.8 Å². The molecule has 166 valence electrons. The number of aromatic nitrogens is 1. The number of fused-ring (bicyclic) bond motifs is 5. The highest BCUT2D eigenvalue weighted by Crippen LogP contribution is 2.43. The van der Waals surface area contributed by atoms with Gasteiger partial charge >= 0.3 is 0 Å². The molecular weight excluding hydrogens is 422 g/mol. The van der Waals surface area contributed by atoms with Crippen LogP contribution in [0.5, 0.6) is 0 Å². The van der Waals surface area contributed by atoms with E-state index >= 15 is 0 Å². The molecule has 1 unspecified atom stereocenters. The summed E-state index contributed by atoms with van der Waals surface area (Å²) < 4.78 is 2.44. The fourth-order valence-corrected chi connectivity index (χ4v) is 5.63. The number of para-hydroxylation sites is 3. The summed E-state index contributed by atoms with van der Waals surface area (Å²) >= 11 is 0. The SMILES string of the molecule is CC1C=Cc2cc3ccccc3c(-c3cccc4c5ccccc5n(-c5ccccc5)c34)c2C=C1. The van der Waals surface area contributed by atoms with Gasteiger partial charge in [0.05, 0.1) is 11.0 Å². The molecule has 0 amide bonds. The molecule has 0 N–H and O–H groups in total. The number of allylic oxidation sites excluding steroid dienone is 2. The number of nitrogens with zero attached hydrogens (tertiary/aromatic N) is 1. The summed E-state index contributed by atoms with van der Waals surface area (Å²) in [6.45, 7) is 2.24. The second kappa shape index (κ2) is 7.85. The van der Waals surface area contributed by atoms with Gasteiger partial charge in [0.25, 0.3) is 0 Å². The molecule has 1 atom stereocenters. The lowest BCUT2D eigenvalue weighted by atomic mass is 9.88. The molecule has 0 aliphatic heterocycles. The lowest BCUT2D eigenvalue weighted by Gasteiger charge is -2.17. The van der Waals surface area contributed by atoms with Crippen molar-refractivity contribution in [2.24, 2.45) is 5.92 Å². The van der Waals surface area contributed by atoms with Gasteiger partial charge in [0, 0.05) is 22.0 Å². The summed E-state index contributed by atoms with van der Waals surface area (Å²) in [6, 6.07) is 37.4. The fourth-order valence-electron chi connectivity index (χ4n) is 5.63. The van der Waals surface area contributed by atoms with Gasteiger partial charge in [-0.05, 0) is 57.6 Å². The van der Waals surface area contributed by atoms with E-state index in [0.717, 1.165) is 0 Å². The van der Waals surface area contributed by atoms with E-state index in [0.29, 0.717) is 5.92 Å². The van der Waals surface area contributed by atoms with Gasteiger partial charge in [-0.1, -0.05) is 110 Å². The van der Waals surface area contributed by atoms with Gasteiger partial charge < -0.3 is 4.57 Å². The molecule has 1 heteroatoms. The van der Waals surface area contributed by atoms with Crippen molar-refractivity contribution in [2.75, 3.05) is 0 Å². The van der Waals surface area contributed by atoms with E-state index < -0.39 is 0 Å². The van der Waals surface area contributed by atoms with Crippen LogP contribution < -0.4 is 0 Å². The zero-order valence-corrected chi connectivity index (χ0v) is 19.6. The van der Waals surface area contributed by atoms with E-state index in [2.05, 4.69) is 139 Å². The van der Waals surface area contributed by atoms with Crippen LogP contribution in [-0.2, 0) is 0 Å². The maximum absolute atomic E-state index is 2.44. The number of rotatable bonds is 2. The summed E-state index contributed by atoms with van der Waals surface area (Å²) in [4.78, 5) is 0. The monoisotopic (exact) mass is 447 g/mol. The third-order valence-electron chi connectivity index (χ3n) is 7.25. The van der Waals surface area contributed by atoms with Gasteiger partial charge in [-0.2, -0.15) is 0 Å². The minimum absolute atomic E-state index is 0.407. The molecule has 1 aliphatic carbocycles. The summed E-state index contributed by atoms with van der Waals surface area (Å²) in [6.07, 6.45) is 9.23. The molecule has 0 spiro atoms. The summed E-state index contributed by atoms with van der Waals surface area (Å²) in [5.74, 6) is 0.407. The highest BCUT2D eigenvalue weighted by Gasteiger charge is 2.20.